The number of rotatable bonds is 22. The molecule has 0 amide bonds. The summed E-state index contributed by atoms with van der Waals surface area (Å²) in [5.41, 5.74) is 8.91. The number of Topliss-reactive ketones (excluding diaryl/α,β-unsaturated/α-hetero) is 2. The van der Waals surface area contributed by atoms with Crippen molar-refractivity contribution >= 4 is 75.9 Å². The molecule has 1 aromatic heterocycles. The Balaban J connectivity index is 1.20. The molecule has 5 rings (SSSR count). The van der Waals surface area contributed by atoms with Crippen LogP contribution in [-0.2, 0) is 10.2 Å². The minimum Gasteiger partial charge on any atom is -0.489 e. The number of thiol groups is 1. The van der Waals surface area contributed by atoms with Gasteiger partial charge in [-0.1, -0.05) is 69.6 Å². The van der Waals surface area contributed by atoms with Crippen molar-refractivity contribution in [3.05, 3.63) is 106 Å². The van der Waals surface area contributed by atoms with Crippen molar-refractivity contribution in [3.63, 3.8) is 0 Å². The Morgan fingerprint density at radius 1 is 0.902 bits per heavy atom. The molecule has 1 heterocycles. The number of nitrogens with zero attached hydrogens (tertiary/aromatic N) is 4. The Morgan fingerprint density at radius 3 is 2.31 bits per heavy atom. The molecule has 12 nitrogen and oxygen atoms in total. The van der Waals surface area contributed by atoms with Crippen LogP contribution in [0.5, 0.6) is 5.75 Å². The third-order valence-corrected chi connectivity index (χ3v) is 10.7. The molecule has 1 unspecified atom stereocenters. The minimum absolute atomic E-state index is 0.0555. The average Bonchev–Trinajstić information content (AvgIpc) is 3.22. The first-order chi connectivity index (χ1) is 29.0. The number of benzene rings is 4. The molecule has 0 aliphatic rings. The van der Waals surface area contributed by atoms with Crippen LogP contribution >= 0.6 is 36.0 Å². The Labute approximate surface area is 373 Å². The van der Waals surface area contributed by atoms with E-state index in [1.54, 1.807) is 12.1 Å². The number of ether oxygens (including phenoxy) is 2. The number of ketones is 2. The van der Waals surface area contributed by atoms with Gasteiger partial charge in [-0.15, -0.1) is 11.6 Å². The van der Waals surface area contributed by atoms with E-state index in [9.17, 15) is 20.1 Å². The van der Waals surface area contributed by atoms with Gasteiger partial charge < -0.3 is 20.1 Å². The number of quaternary nitrogens is 1. The Morgan fingerprint density at radius 2 is 1.64 bits per heavy atom. The molecule has 4 aromatic carbocycles. The van der Waals surface area contributed by atoms with E-state index in [0.717, 1.165) is 52.6 Å². The van der Waals surface area contributed by atoms with Crippen LogP contribution < -0.4 is 20.8 Å². The summed E-state index contributed by atoms with van der Waals surface area (Å²) in [5, 5.41) is 28.1. The summed E-state index contributed by atoms with van der Waals surface area (Å²) in [6.07, 6.45) is 2.66. The second kappa shape index (κ2) is 21.2. The number of anilines is 3. The molecule has 0 saturated heterocycles. The lowest BCUT2D eigenvalue weighted by atomic mass is 9.77. The van der Waals surface area contributed by atoms with E-state index in [2.05, 4.69) is 84.1 Å². The lowest BCUT2D eigenvalue weighted by Crippen LogP contribution is -2.36. The number of carbonyl (C=O) groups excluding carboxylic acids is 2. The molecule has 0 aliphatic heterocycles. The lowest BCUT2D eigenvalue weighted by Gasteiger charge is -2.27. The van der Waals surface area contributed by atoms with Gasteiger partial charge in [0, 0.05) is 53.2 Å². The summed E-state index contributed by atoms with van der Waals surface area (Å²) in [5.74, 6) is 1.07. The molecule has 0 radical (unpaired) electrons. The molecule has 0 aliphatic carbocycles. The van der Waals surface area contributed by atoms with Crippen LogP contribution in [0.2, 0.25) is 5.02 Å². The van der Waals surface area contributed by atoms with E-state index in [0.29, 0.717) is 65.1 Å². The second-order valence-electron chi connectivity index (χ2n) is 15.7. The predicted octanol–water partition coefficient (Wildman–Crippen LogP) is 10.5. The monoisotopic (exact) mass is 886 g/mol. The number of hydroxylamine groups is 1. The maximum absolute atomic E-state index is 12.7. The summed E-state index contributed by atoms with van der Waals surface area (Å²) in [6.45, 7) is 11.9. The number of aromatic nitrogens is 2. The Hall–Kier alpha value is -4.94. The highest BCUT2D eigenvalue weighted by Gasteiger charge is 2.26. The lowest BCUT2D eigenvalue weighted by molar-refractivity contribution is -0.955. The molecule has 0 fully saturated rings. The van der Waals surface area contributed by atoms with Gasteiger partial charge in [-0.05, 0) is 95.1 Å². The van der Waals surface area contributed by atoms with Crippen LogP contribution in [0.4, 0.5) is 17.5 Å². The average molecular weight is 888 g/mol. The summed E-state index contributed by atoms with van der Waals surface area (Å²) >= 11 is 16.5. The van der Waals surface area contributed by atoms with Crippen molar-refractivity contribution in [2.24, 2.45) is 5.92 Å². The van der Waals surface area contributed by atoms with Crippen LogP contribution in [0.3, 0.4) is 0 Å². The molecule has 322 valence electrons. The number of nitrogens with one attached hydrogen (secondary N) is 3. The van der Waals surface area contributed by atoms with Crippen molar-refractivity contribution in [1.29, 1.82) is 5.26 Å². The van der Waals surface area contributed by atoms with Crippen molar-refractivity contribution < 1.29 is 28.4 Å². The Bertz CT molecular complexity index is 2380. The van der Waals surface area contributed by atoms with Gasteiger partial charge >= 0.3 is 0 Å². The van der Waals surface area contributed by atoms with E-state index in [-0.39, 0.29) is 35.9 Å². The van der Waals surface area contributed by atoms with Crippen molar-refractivity contribution in [2.75, 3.05) is 61.9 Å². The molecule has 15 heteroatoms. The van der Waals surface area contributed by atoms with E-state index in [1.165, 1.54) is 14.0 Å². The van der Waals surface area contributed by atoms with E-state index >= 15 is 0 Å². The normalized spacial score (nSPS) is 12.5. The number of hydrogen-bond donors (Lipinski definition) is 5. The van der Waals surface area contributed by atoms with Crippen molar-refractivity contribution in [3.8, 4) is 22.9 Å². The maximum atomic E-state index is 12.7. The SMILES string of the molecule is CC(=O)c1ccc(NCCOCCCCCNc2nc(N[N+](C)(O)S)nc3ccc(-c4ccc(C(C)(C)c5cc(Cl)c(OCCCl)c(C#N)c5)cc4)cc23)cc1C(=O)C(C)C. The Kier molecular flexibility index (Phi) is 16.4. The van der Waals surface area contributed by atoms with Gasteiger partial charge in [0.2, 0.25) is 0 Å². The van der Waals surface area contributed by atoms with Gasteiger partial charge in [-0.3, -0.25) is 9.59 Å². The first-order valence-corrected chi connectivity index (χ1v) is 21.5. The van der Waals surface area contributed by atoms with Gasteiger partial charge in [-0.2, -0.15) is 20.9 Å². The second-order valence-corrected chi connectivity index (χ2v) is 17.3. The van der Waals surface area contributed by atoms with Crippen molar-refractivity contribution in [1.82, 2.24) is 9.97 Å². The highest BCUT2D eigenvalue weighted by molar-refractivity contribution is 7.74. The van der Waals surface area contributed by atoms with E-state index < -0.39 is 9.58 Å². The molecule has 0 saturated carbocycles. The third-order valence-electron chi connectivity index (χ3n) is 10.2. The van der Waals surface area contributed by atoms with Crippen LogP contribution in [-0.4, -0.2) is 76.7 Å². The van der Waals surface area contributed by atoms with E-state index in [4.69, 9.17) is 37.7 Å². The zero-order chi connectivity index (χ0) is 44.3. The highest BCUT2D eigenvalue weighted by atomic mass is 35.5. The smallest absolute Gasteiger partial charge is 0.275 e. The molecule has 1 atom stereocenters. The molecule has 61 heavy (non-hydrogen) atoms. The summed E-state index contributed by atoms with van der Waals surface area (Å²) < 4.78 is 10.7. The quantitative estimate of drug-likeness (QED) is 0.0112. The molecule has 4 N–H and O–H groups in total. The number of alkyl halides is 1. The summed E-state index contributed by atoms with van der Waals surface area (Å²) in [4.78, 5) is 34.1. The fraction of sp³-hybridized carbons (Fsp3) is 0.370. The molecule has 0 bridgehead atoms. The summed E-state index contributed by atoms with van der Waals surface area (Å²) in [7, 11) is 1.44. The predicted molar refractivity (Wildman–Crippen MR) is 247 cm³/mol. The van der Waals surface area contributed by atoms with Gasteiger partial charge in [0.1, 0.15) is 38.4 Å². The van der Waals surface area contributed by atoms with Gasteiger partial charge in [-0.25, -0.2) is 4.98 Å². The first kappa shape index (κ1) is 47.1. The fourth-order valence-corrected chi connectivity index (χ4v) is 7.25. The topological polar surface area (TPSA) is 158 Å². The fourth-order valence-electron chi connectivity index (χ4n) is 6.81. The molecule has 0 spiro atoms. The highest BCUT2D eigenvalue weighted by Crippen LogP contribution is 2.39. The van der Waals surface area contributed by atoms with Crippen LogP contribution in [0.1, 0.15) is 91.3 Å². The number of hydrogen-bond acceptors (Lipinski definition) is 12. The largest absolute Gasteiger partial charge is 0.489 e. The summed E-state index contributed by atoms with van der Waals surface area (Å²) in [6, 6.07) is 25.4. The molecular formula is C46H54Cl2N7O5S+. The number of nitriles is 1. The van der Waals surface area contributed by atoms with Gasteiger partial charge in [0.05, 0.1) is 28.6 Å². The zero-order valence-corrected chi connectivity index (χ0v) is 37.8. The number of carbonyl (C=O) groups is 2. The first-order valence-electron chi connectivity index (χ1n) is 20.2. The molecule has 5 aromatic rings. The molecular weight excluding hydrogens is 834 g/mol. The number of fused-ring (bicyclic) bond motifs is 1. The van der Waals surface area contributed by atoms with Crippen LogP contribution in [0, 0.1) is 17.2 Å². The van der Waals surface area contributed by atoms with E-state index in [1.807, 2.05) is 44.2 Å². The standard InChI is InChI=1S/C46H53Cl2N7O5S/c1-29(2)42(57)38-27-36(15-16-37(38)30(3)56)50-20-23-59-21-9-7-8-19-51-44-39-25-32(12-17-41(39)52-45(53-44)54-55(6,58)61)31-10-13-34(14-11-31)46(4,5)35-24-33(28-49)43(40(48)26-35)60-22-18-47/h10-17,24-27,29,58,61H,7-9,18-23H2,1-6H3,(H2-,50,51,52,53,54,56)/p+1. The minimum atomic E-state index is -0.845. The maximum Gasteiger partial charge on any atom is 0.275 e. The van der Waals surface area contributed by atoms with Gasteiger partial charge in [0.25, 0.3) is 5.95 Å². The van der Waals surface area contributed by atoms with Gasteiger partial charge in [0.15, 0.2) is 17.3 Å². The number of unbranched alkanes of at least 4 members (excludes halogenated alkanes) is 2. The third kappa shape index (κ3) is 12.6. The van der Waals surface area contributed by atoms with Crippen LogP contribution in [0.15, 0.2) is 72.8 Å². The zero-order valence-electron chi connectivity index (χ0n) is 35.4. The number of halogens is 2. The van der Waals surface area contributed by atoms with Crippen molar-refractivity contribution in [2.45, 2.75) is 59.3 Å². The van der Waals surface area contributed by atoms with Crippen LogP contribution in [0.25, 0.3) is 22.0 Å².